The minimum atomic E-state index is 0.311. The zero-order valence-corrected chi connectivity index (χ0v) is 11.9. The van der Waals surface area contributed by atoms with E-state index in [1.165, 1.54) is 11.1 Å². The van der Waals surface area contributed by atoms with Gasteiger partial charge in [0.2, 0.25) is 0 Å². The zero-order chi connectivity index (χ0) is 13.0. The lowest BCUT2D eigenvalue weighted by Gasteiger charge is -2.23. The van der Waals surface area contributed by atoms with E-state index in [0.29, 0.717) is 17.0 Å². The molecule has 0 aromatic carbocycles. The summed E-state index contributed by atoms with van der Waals surface area (Å²) >= 11 is 7.55. The first-order chi connectivity index (χ1) is 8.66. The monoisotopic (exact) mass is 282 g/mol. The molecular formula is C12H15ClN4S. The van der Waals surface area contributed by atoms with E-state index in [9.17, 15) is 0 Å². The summed E-state index contributed by atoms with van der Waals surface area (Å²) in [6, 6.07) is 4.52. The molecule has 1 atom stereocenters. The Labute approximate surface area is 116 Å². The number of hydrogen-bond donors (Lipinski definition) is 1. The minimum absolute atomic E-state index is 0.311. The van der Waals surface area contributed by atoms with Crippen molar-refractivity contribution in [1.29, 1.82) is 0 Å². The largest absolute Gasteiger partial charge is 0.367 e. The molecule has 1 N–H and O–H groups in total. The van der Waals surface area contributed by atoms with Gasteiger partial charge in [0.05, 0.1) is 18.4 Å². The third-order valence-electron chi connectivity index (χ3n) is 2.58. The second-order valence-corrected chi connectivity index (χ2v) is 5.47. The number of nitrogens with one attached hydrogen (secondary N) is 1. The summed E-state index contributed by atoms with van der Waals surface area (Å²) in [5.41, 5.74) is 0. The van der Waals surface area contributed by atoms with Crippen molar-refractivity contribution in [3.05, 3.63) is 39.9 Å². The fourth-order valence-corrected chi connectivity index (χ4v) is 2.72. The van der Waals surface area contributed by atoms with Crippen LogP contribution in [-0.4, -0.2) is 35.5 Å². The Bertz CT molecular complexity index is 487. The molecule has 2 heterocycles. The molecule has 6 heteroatoms. The summed E-state index contributed by atoms with van der Waals surface area (Å²) in [6.07, 6.45) is 3.20. The lowest BCUT2D eigenvalue weighted by Crippen LogP contribution is -2.26. The summed E-state index contributed by atoms with van der Waals surface area (Å²) in [6.45, 7) is 0.766. The Balaban J connectivity index is 2.03. The number of aromatic nitrogens is 2. The maximum Gasteiger partial charge on any atom is 0.149 e. The number of nitrogens with zero attached hydrogens (tertiary/aromatic N) is 3. The molecule has 96 valence electrons. The minimum Gasteiger partial charge on any atom is -0.367 e. The Morgan fingerprint density at radius 3 is 2.89 bits per heavy atom. The summed E-state index contributed by atoms with van der Waals surface area (Å²) < 4.78 is 0. The summed E-state index contributed by atoms with van der Waals surface area (Å²) in [5, 5.41) is 5.75. The number of thiophene rings is 1. The Morgan fingerprint density at radius 1 is 1.44 bits per heavy atom. The molecule has 4 nitrogen and oxygen atoms in total. The standard InChI is InChI=1S/C12H15ClN4S/c1-17(2)9(10-4-3-5-18-10)6-15-12-8-14-7-11(13)16-12/h3-5,7-9H,6H2,1-2H3,(H,15,16). The van der Waals surface area contributed by atoms with Crippen LogP contribution in [0.15, 0.2) is 29.9 Å². The summed E-state index contributed by atoms with van der Waals surface area (Å²) in [7, 11) is 4.13. The molecule has 0 fully saturated rings. The van der Waals surface area contributed by atoms with Crippen LogP contribution in [-0.2, 0) is 0 Å². The van der Waals surface area contributed by atoms with Crippen molar-refractivity contribution >= 4 is 28.8 Å². The highest BCUT2D eigenvalue weighted by Gasteiger charge is 2.14. The van der Waals surface area contributed by atoms with Gasteiger partial charge < -0.3 is 10.2 Å². The van der Waals surface area contributed by atoms with E-state index < -0.39 is 0 Å². The lowest BCUT2D eigenvalue weighted by atomic mass is 10.2. The predicted molar refractivity (Wildman–Crippen MR) is 76.3 cm³/mol. The van der Waals surface area contributed by atoms with Crippen LogP contribution in [0.1, 0.15) is 10.9 Å². The van der Waals surface area contributed by atoms with Gasteiger partial charge in [-0.15, -0.1) is 11.3 Å². The van der Waals surface area contributed by atoms with Gasteiger partial charge in [-0.25, -0.2) is 4.98 Å². The smallest absolute Gasteiger partial charge is 0.149 e. The molecule has 0 amide bonds. The van der Waals surface area contributed by atoms with Gasteiger partial charge >= 0.3 is 0 Å². The van der Waals surface area contributed by atoms with Gasteiger partial charge in [0.1, 0.15) is 11.0 Å². The van der Waals surface area contributed by atoms with Gasteiger partial charge in [0, 0.05) is 11.4 Å². The van der Waals surface area contributed by atoms with E-state index in [1.807, 2.05) is 0 Å². The van der Waals surface area contributed by atoms with Crippen molar-refractivity contribution in [2.45, 2.75) is 6.04 Å². The molecule has 0 spiro atoms. The molecule has 0 radical (unpaired) electrons. The predicted octanol–water partition coefficient (Wildman–Crippen LogP) is 2.91. The molecule has 2 aromatic heterocycles. The highest BCUT2D eigenvalue weighted by Crippen LogP contribution is 2.23. The second-order valence-electron chi connectivity index (χ2n) is 4.10. The van der Waals surface area contributed by atoms with E-state index in [-0.39, 0.29) is 0 Å². The third-order valence-corrected chi connectivity index (χ3v) is 3.73. The SMILES string of the molecule is CN(C)C(CNc1cncc(Cl)n1)c1cccs1. The van der Waals surface area contributed by atoms with Crippen LogP contribution in [0.4, 0.5) is 5.82 Å². The van der Waals surface area contributed by atoms with E-state index >= 15 is 0 Å². The summed E-state index contributed by atoms with van der Waals surface area (Å²) in [4.78, 5) is 11.7. The fourth-order valence-electron chi connectivity index (χ4n) is 1.65. The molecule has 0 bridgehead atoms. The first kappa shape index (κ1) is 13.3. The average molecular weight is 283 g/mol. The lowest BCUT2D eigenvalue weighted by molar-refractivity contribution is 0.316. The number of hydrogen-bond acceptors (Lipinski definition) is 5. The molecule has 2 rings (SSSR count). The maximum atomic E-state index is 5.80. The Kier molecular flexibility index (Phi) is 4.52. The fraction of sp³-hybridized carbons (Fsp3) is 0.333. The zero-order valence-electron chi connectivity index (χ0n) is 10.3. The highest BCUT2D eigenvalue weighted by molar-refractivity contribution is 7.10. The van der Waals surface area contributed by atoms with Crippen LogP contribution >= 0.6 is 22.9 Å². The van der Waals surface area contributed by atoms with Gasteiger partial charge in [0.25, 0.3) is 0 Å². The Morgan fingerprint density at radius 2 is 2.28 bits per heavy atom. The summed E-state index contributed by atoms with van der Waals surface area (Å²) in [5.74, 6) is 0.700. The van der Waals surface area contributed by atoms with Gasteiger partial charge in [0.15, 0.2) is 0 Å². The first-order valence-corrected chi connectivity index (χ1v) is 6.84. The third kappa shape index (κ3) is 3.41. The van der Waals surface area contributed by atoms with E-state index in [0.717, 1.165) is 6.54 Å². The molecule has 2 aromatic rings. The van der Waals surface area contributed by atoms with Crippen molar-refractivity contribution in [1.82, 2.24) is 14.9 Å². The normalized spacial score (nSPS) is 12.7. The van der Waals surface area contributed by atoms with Gasteiger partial charge in [-0.2, -0.15) is 0 Å². The van der Waals surface area contributed by atoms with Crippen molar-refractivity contribution < 1.29 is 0 Å². The van der Waals surface area contributed by atoms with Crippen LogP contribution in [0.3, 0.4) is 0 Å². The molecule has 0 saturated carbocycles. The maximum absolute atomic E-state index is 5.80. The highest BCUT2D eigenvalue weighted by atomic mass is 35.5. The Hall–Kier alpha value is -1.17. The molecular weight excluding hydrogens is 268 g/mol. The quantitative estimate of drug-likeness (QED) is 0.915. The van der Waals surface area contributed by atoms with Crippen LogP contribution in [0, 0.1) is 0 Å². The number of anilines is 1. The molecule has 0 saturated heterocycles. The molecule has 0 aliphatic carbocycles. The van der Waals surface area contributed by atoms with Gasteiger partial charge in [-0.3, -0.25) is 4.98 Å². The molecule has 0 aliphatic heterocycles. The number of rotatable bonds is 5. The molecule has 0 aliphatic rings. The van der Waals surface area contributed by atoms with Crippen LogP contribution < -0.4 is 5.32 Å². The van der Waals surface area contributed by atoms with Crippen molar-refractivity contribution in [2.75, 3.05) is 26.0 Å². The number of likely N-dealkylation sites (N-methyl/N-ethyl adjacent to an activating group) is 1. The van der Waals surface area contributed by atoms with Crippen molar-refractivity contribution in [2.24, 2.45) is 0 Å². The molecule has 18 heavy (non-hydrogen) atoms. The van der Waals surface area contributed by atoms with Crippen molar-refractivity contribution in [3.63, 3.8) is 0 Å². The topological polar surface area (TPSA) is 41.0 Å². The average Bonchev–Trinajstić information content (AvgIpc) is 2.82. The van der Waals surface area contributed by atoms with Crippen LogP contribution in [0.5, 0.6) is 0 Å². The molecule has 1 unspecified atom stereocenters. The van der Waals surface area contributed by atoms with Crippen molar-refractivity contribution in [3.8, 4) is 0 Å². The van der Waals surface area contributed by atoms with Crippen LogP contribution in [0.2, 0.25) is 5.15 Å². The van der Waals surface area contributed by atoms with E-state index in [1.54, 1.807) is 17.5 Å². The van der Waals surface area contributed by atoms with Gasteiger partial charge in [-0.05, 0) is 25.5 Å². The van der Waals surface area contributed by atoms with E-state index in [2.05, 4.69) is 51.8 Å². The van der Waals surface area contributed by atoms with E-state index in [4.69, 9.17) is 11.6 Å². The van der Waals surface area contributed by atoms with Gasteiger partial charge in [-0.1, -0.05) is 17.7 Å². The second kappa shape index (κ2) is 6.13. The first-order valence-electron chi connectivity index (χ1n) is 5.58. The number of halogens is 1. The van der Waals surface area contributed by atoms with Crippen LogP contribution in [0.25, 0.3) is 0 Å².